The van der Waals surface area contributed by atoms with Crippen LogP contribution in [0, 0.1) is 0 Å². The Bertz CT molecular complexity index is 716. The lowest BCUT2D eigenvalue weighted by atomic mass is 9.98. The van der Waals surface area contributed by atoms with Gasteiger partial charge in [0.2, 0.25) is 0 Å². The van der Waals surface area contributed by atoms with Gasteiger partial charge in [-0.15, -0.1) is 0 Å². The molecule has 4 nitrogen and oxygen atoms in total. The number of ether oxygens (including phenoxy) is 2. The SMILES string of the molecule is COC(=O)c1ccc2c3c(ccc2c1O)CC(C)(C)O3. The molecule has 0 unspecified atom stereocenters. The summed E-state index contributed by atoms with van der Waals surface area (Å²) in [6, 6.07) is 7.12. The van der Waals surface area contributed by atoms with E-state index in [9.17, 15) is 9.90 Å². The van der Waals surface area contributed by atoms with Gasteiger partial charge in [0.05, 0.1) is 7.11 Å². The molecule has 0 saturated carbocycles. The van der Waals surface area contributed by atoms with Crippen LogP contribution < -0.4 is 4.74 Å². The van der Waals surface area contributed by atoms with Gasteiger partial charge >= 0.3 is 5.97 Å². The first-order chi connectivity index (χ1) is 9.43. The number of esters is 1. The van der Waals surface area contributed by atoms with Crippen LogP contribution in [0.2, 0.25) is 0 Å². The molecule has 0 aromatic heterocycles. The Morgan fingerprint density at radius 3 is 2.65 bits per heavy atom. The Morgan fingerprint density at radius 1 is 1.25 bits per heavy atom. The van der Waals surface area contributed by atoms with Crippen LogP contribution in [0.5, 0.6) is 11.5 Å². The Morgan fingerprint density at radius 2 is 1.95 bits per heavy atom. The highest BCUT2D eigenvalue weighted by Gasteiger charge is 2.31. The number of phenolic OH excluding ortho intramolecular Hbond substituents is 1. The summed E-state index contributed by atoms with van der Waals surface area (Å²) in [4.78, 5) is 11.6. The van der Waals surface area contributed by atoms with Gasteiger partial charge in [0.15, 0.2) is 0 Å². The van der Waals surface area contributed by atoms with Crippen molar-refractivity contribution in [3.05, 3.63) is 35.4 Å². The number of methoxy groups -OCH3 is 1. The highest BCUT2D eigenvalue weighted by Crippen LogP contribution is 2.43. The summed E-state index contributed by atoms with van der Waals surface area (Å²) < 4.78 is 10.6. The summed E-state index contributed by atoms with van der Waals surface area (Å²) in [6.07, 6.45) is 0.831. The Balaban J connectivity index is 2.23. The smallest absolute Gasteiger partial charge is 0.341 e. The number of carbonyl (C=O) groups excluding carboxylic acids is 1. The lowest BCUT2D eigenvalue weighted by Gasteiger charge is -2.17. The van der Waals surface area contributed by atoms with Crippen LogP contribution in [0.25, 0.3) is 10.8 Å². The Hall–Kier alpha value is -2.23. The molecule has 104 valence electrons. The van der Waals surface area contributed by atoms with E-state index < -0.39 is 5.97 Å². The quantitative estimate of drug-likeness (QED) is 0.811. The van der Waals surface area contributed by atoms with E-state index in [1.54, 1.807) is 12.1 Å². The summed E-state index contributed by atoms with van der Waals surface area (Å²) in [5.74, 6) is 0.177. The molecule has 1 aliphatic heterocycles. The third-order valence-corrected chi connectivity index (χ3v) is 3.60. The van der Waals surface area contributed by atoms with Crippen LogP contribution in [0.3, 0.4) is 0 Å². The molecule has 0 saturated heterocycles. The molecule has 0 spiro atoms. The van der Waals surface area contributed by atoms with E-state index in [0.717, 1.165) is 23.1 Å². The highest BCUT2D eigenvalue weighted by molar-refractivity contribution is 6.03. The zero-order valence-corrected chi connectivity index (χ0v) is 11.7. The minimum Gasteiger partial charge on any atom is -0.506 e. The molecule has 1 heterocycles. The number of hydrogen-bond acceptors (Lipinski definition) is 4. The van der Waals surface area contributed by atoms with Crippen molar-refractivity contribution < 1.29 is 19.4 Å². The molecule has 0 aliphatic carbocycles. The predicted octanol–water partition coefficient (Wildman–Crippen LogP) is 3.05. The maximum Gasteiger partial charge on any atom is 0.341 e. The molecule has 0 amide bonds. The average Bonchev–Trinajstić information content (AvgIpc) is 2.72. The number of hydrogen-bond donors (Lipinski definition) is 1. The fraction of sp³-hybridized carbons (Fsp3) is 0.312. The Labute approximate surface area is 116 Å². The second-order valence-electron chi connectivity index (χ2n) is 5.64. The van der Waals surface area contributed by atoms with Crippen molar-refractivity contribution in [3.8, 4) is 11.5 Å². The summed E-state index contributed by atoms with van der Waals surface area (Å²) in [6.45, 7) is 4.06. The molecular formula is C16H16O4. The second-order valence-corrected chi connectivity index (χ2v) is 5.64. The van der Waals surface area contributed by atoms with Crippen LogP contribution in [-0.2, 0) is 11.2 Å². The van der Waals surface area contributed by atoms with Crippen molar-refractivity contribution in [1.29, 1.82) is 0 Å². The summed E-state index contributed by atoms with van der Waals surface area (Å²) in [5, 5.41) is 11.7. The maximum atomic E-state index is 11.6. The minimum absolute atomic E-state index is 0.0644. The fourth-order valence-electron chi connectivity index (χ4n) is 2.71. The monoisotopic (exact) mass is 272 g/mol. The molecule has 0 atom stereocenters. The molecule has 0 radical (unpaired) electrons. The molecule has 2 aromatic carbocycles. The van der Waals surface area contributed by atoms with Gasteiger partial charge in [-0.05, 0) is 31.5 Å². The molecule has 1 aliphatic rings. The number of fused-ring (bicyclic) bond motifs is 3. The Kier molecular flexibility index (Phi) is 2.64. The summed E-state index contributed by atoms with van der Waals surface area (Å²) in [7, 11) is 1.29. The number of rotatable bonds is 1. The average molecular weight is 272 g/mol. The summed E-state index contributed by atoms with van der Waals surface area (Å²) in [5.41, 5.74) is 1.04. The van der Waals surface area contributed by atoms with Crippen molar-refractivity contribution in [2.24, 2.45) is 0 Å². The first-order valence-electron chi connectivity index (χ1n) is 6.48. The molecule has 2 aromatic rings. The normalized spacial score (nSPS) is 15.8. The van der Waals surface area contributed by atoms with Gasteiger partial charge in [-0.1, -0.05) is 12.1 Å². The van der Waals surface area contributed by atoms with Crippen LogP contribution >= 0.6 is 0 Å². The molecule has 1 N–H and O–H groups in total. The number of benzene rings is 2. The van der Waals surface area contributed by atoms with E-state index in [0.29, 0.717) is 5.39 Å². The zero-order valence-electron chi connectivity index (χ0n) is 11.7. The molecule has 0 fully saturated rings. The molecule has 4 heteroatoms. The van der Waals surface area contributed by atoms with E-state index in [1.807, 2.05) is 26.0 Å². The van der Waals surface area contributed by atoms with Gasteiger partial charge in [0.1, 0.15) is 22.7 Å². The predicted molar refractivity (Wildman–Crippen MR) is 75.4 cm³/mol. The number of aromatic hydroxyl groups is 1. The fourth-order valence-corrected chi connectivity index (χ4v) is 2.71. The van der Waals surface area contributed by atoms with Crippen molar-refractivity contribution in [2.45, 2.75) is 25.9 Å². The van der Waals surface area contributed by atoms with E-state index in [2.05, 4.69) is 4.74 Å². The van der Waals surface area contributed by atoms with Crippen molar-refractivity contribution in [3.63, 3.8) is 0 Å². The van der Waals surface area contributed by atoms with E-state index in [-0.39, 0.29) is 16.9 Å². The highest BCUT2D eigenvalue weighted by atomic mass is 16.5. The largest absolute Gasteiger partial charge is 0.506 e. The first-order valence-corrected chi connectivity index (χ1v) is 6.48. The van der Waals surface area contributed by atoms with Crippen LogP contribution in [-0.4, -0.2) is 23.8 Å². The molecular weight excluding hydrogens is 256 g/mol. The number of phenols is 1. The van der Waals surface area contributed by atoms with E-state index >= 15 is 0 Å². The topological polar surface area (TPSA) is 55.8 Å². The molecule has 3 rings (SSSR count). The molecule has 0 bridgehead atoms. The lowest BCUT2D eigenvalue weighted by Crippen LogP contribution is -2.24. The van der Waals surface area contributed by atoms with Crippen LogP contribution in [0.4, 0.5) is 0 Å². The zero-order chi connectivity index (χ0) is 14.5. The van der Waals surface area contributed by atoms with E-state index in [4.69, 9.17) is 4.74 Å². The van der Waals surface area contributed by atoms with Crippen LogP contribution in [0.1, 0.15) is 29.8 Å². The van der Waals surface area contributed by atoms with Crippen molar-refractivity contribution in [1.82, 2.24) is 0 Å². The van der Waals surface area contributed by atoms with Crippen molar-refractivity contribution >= 4 is 16.7 Å². The second kappa shape index (κ2) is 4.13. The standard InChI is InChI=1S/C16H16O4/c1-16(2)8-9-4-5-10-11(14(9)20-16)6-7-12(13(10)17)15(18)19-3/h4-7,17H,8H2,1-3H3. The van der Waals surface area contributed by atoms with Crippen LogP contribution in [0.15, 0.2) is 24.3 Å². The van der Waals surface area contributed by atoms with E-state index in [1.165, 1.54) is 7.11 Å². The summed E-state index contributed by atoms with van der Waals surface area (Å²) >= 11 is 0. The van der Waals surface area contributed by atoms with Gasteiger partial charge in [0.25, 0.3) is 0 Å². The van der Waals surface area contributed by atoms with Gasteiger partial charge in [-0.3, -0.25) is 0 Å². The van der Waals surface area contributed by atoms with Gasteiger partial charge in [0, 0.05) is 17.2 Å². The molecule has 20 heavy (non-hydrogen) atoms. The first kappa shape index (κ1) is 12.8. The lowest BCUT2D eigenvalue weighted by molar-refractivity contribution is 0.0597. The maximum absolute atomic E-state index is 11.6. The third-order valence-electron chi connectivity index (χ3n) is 3.60. The van der Waals surface area contributed by atoms with Gasteiger partial charge in [-0.25, -0.2) is 4.79 Å². The van der Waals surface area contributed by atoms with Gasteiger partial charge in [-0.2, -0.15) is 0 Å². The third kappa shape index (κ3) is 1.80. The number of carbonyl (C=O) groups is 1. The minimum atomic E-state index is -0.550. The van der Waals surface area contributed by atoms with Gasteiger partial charge < -0.3 is 14.6 Å². The van der Waals surface area contributed by atoms with Crippen molar-refractivity contribution in [2.75, 3.05) is 7.11 Å².